The summed E-state index contributed by atoms with van der Waals surface area (Å²) >= 11 is 6.37. The van der Waals surface area contributed by atoms with Crippen molar-refractivity contribution in [2.45, 2.75) is 56.1 Å². The number of carbonyl (C=O) groups is 3. The van der Waals surface area contributed by atoms with Gasteiger partial charge in [-0.3, -0.25) is 24.6 Å². The number of aromatic nitrogens is 1. The summed E-state index contributed by atoms with van der Waals surface area (Å²) in [7, 11) is 0. The van der Waals surface area contributed by atoms with E-state index in [0.29, 0.717) is 22.7 Å². The van der Waals surface area contributed by atoms with E-state index in [-0.39, 0.29) is 29.8 Å². The molecule has 2 aromatic carbocycles. The van der Waals surface area contributed by atoms with Crippen LogP contribution < -0.4 is 10.6 Å². The highest BCUT2D eigenvalue weighted by molar-refractivity contribution is 6.31. The Morgan fingerprint density at radius 3 is 2.64 bits per heavy atom. The fraction of sp³-hybridized carbons (Fsp3) is 0.393. The number of rotatable bonds is 3. The molecule has 3 amide bonds. The molecule has 3 fully saturated rings. The van der Waals surface area contributed by atoms with Crippen LogP contribution in [0.4, 0.5) is 5.69 Å². The molecule has 184 valence electrons. The zero-order valence-corrected chi connectivity index (χ0v) is 20.5. The summed E-state index contributed by atoms with van der Waals surface area (Å²) in [4.78, 5) is 46.7. The summed E-state index contributed by atoms with van der Waals surface area (Å²) in [6.07, 6.45) is 7.30. The number of amides is 3. The van der Waals surface area contributed by atoms with Crippen molar-refractivity contribution in [3.8, 4) is 0 Å². The van der Waals surface area contributed by atoms with Crippen molar-refractivity contribution in [2.75, 3.05) is 5.32 Å². The summed E-state index contributed by atoms with van der Waals surface area (Å²) in [5, 5.41) is 8.07. The summed E-state index contributed by atoms with van der Waals surface area (Å²) in [5.41, 5.74) is 2.05. The fourth-order valence-electron chi connectivity index (χ4n) is 7.21. The fourth-order valence-corrected chi connectivity index (χ4v) is 7.38. The quantitative estimate of drug-likeness (QED) is 0.470. The second-order valence-electron chi connectivity index (χ2n) is 10.6. The third-order valence-electron chi connectivity index (χ3n) is 8.77. The summed E-state index contributed by atoms with van der Waals surface area (Å²) in [6, 6.07) is 12.8. The highest BCUT2D eigenvalue weighted by atomic mass is 35.5. The molecule has 3 aromatic rings. The first-order chi connectivity index (χ1) is 17.5. The van der Waals surface area contributed by atoms with E-state index in [1.54, 1.807) is 18.2 Å². The van der Waals surface area contributed by atoms with Crippen molar-refractivity contribution in [3.05, 3.63) is 64.8 Å². The van der Waals surface area contributed by atoms with Crippen LogP contribution in [0.3, 0.4) is 0 Å². The van der Waals surface area contributed by atoms with E-state index in [4.69, 9.17) is 11.6 Å². The molecule has 1 aromatic heterocycles. The van der Waals surface area contributed by atoms with Crippen LogP contribution in [0, 0.1) is 11.8 Å². The first kappa shape index (κ1) is 22.1. The molecule has 1 aliphatic carbocycles. The lowest BCUT2D eigenvalue weighted by Gasteiger charge is -2.34. The van der Waals surface area contributed by atoms with Crippen molar-refractivity contribution in [1.82, 2.24) is 15.2 Å². The lowest BCUT2D eigenvalue weighted by atomic mass is 9.76. The van der Waals surface area contributed by atoms with Gasteiger partial charge in [0.25, 0.3) is 0 Å². The molecular weight excluding hydrogens is 476 g/mol. The number of imide groups is 1. The molecule has 4 heterocycles. The Bertz CT molecular complexity index is 1430. The Balaban J connectivity index is 1.36. The van der Waals surface area contributed by atoms with Crippen LogP contribution in [0.1, 0.15) is 43.2 Å². The van der Waals surface area contributed by atoms with Gasteiger partial charge in [0.05, 0.1) is 11.8 Å². The first-order valence-corrected chi connectivity index (χ1v) is 13.2. The number of hydrogen-bond acceptors (Lipinski definition) is 4. The lowest BCUT2D eigenvalue weighted by Crippen LogP contribution is -2.54. The number of para-hydroxylation sites is 1. The molecule has 4 aliphatic rings. The number of hydrogen-bond donors (Lipinski definition) is 3. The second-order valence-corrected chi connectivity index (χ2v) is 11.0. The number of likely N-dealkylation sites (tertiary alicyclic amines) is 1. The average molecular weight is 503 g/mol. The number of nitrogens with zero attached hydrogens (tertiary/aromatic N) is 1. The molecule has 7 nitrogen and oxygen atoms in total. The van der Waals surface area contributed by atoms with Gasteiger partial charge in [0.2, 0.25) is 17.7 Å². The van der Waals surface area contributed by atoms with Gasteiger partial charge in [-0.2, -0.15) is 0 Å². The van der Waals surface area contributed by atoms with Gasteiger partial charge in [0, 0.05) is 45.5 Å². The molecule has 0 radical (unpaired) electrons. The standard InChI is InChI=1S/C28H27ClN4O3/c29-16-10-11-21-19(13-16)28(27(36)31-21)24-23(25(34)33(26(24)35)17-6-2-1-3-7-17)22(32-28)12-15-14-30-20-9-5-4-8-18(15)20/h4-5,8-11,13-14,17,22-24,30,32H,1-3,6-7,12H2,(H,31,36)/t22-,23+,24-,28-/m0/s1. The third-order valence-corrected chi connectivity index (χ3v) is 9.00. The summed E-state index contributed by atoms with van der Waals surface area (Å²) in [6.45, 7) is 0. The minimum absolute atomic E-state index is 0.0848. The van der Waals surface area contributed by atoms with E-state index in [1.165, 1.54) is 4.90 Å². The monoisotopic (exact) mass is 502 g/mol. The topological polar surface area (TPSA) is 94.3 Å². The molecule has 0 bridgehead atoms. The molecule has 3 N–H and O–H groups in total. The van der Waals surface area contributed by atoms with Crippen molar-refractivity contribution in [2.24, 2.45) is 11.8 Å². The number of aromatic amines is 1. The first-order valence-electron chi connectivity index (χ1n) is 12.8. The van der Waals surface area contributed by atoms with Crippen LogP contribution in [0.2, 0.25) is 5.02 Å². The molecule has 7 rings (SSSR count). The van der Waals surface area contributed by atoms with Gasteiger partial charge in [-0.1, -0.05) is 49.1 Å². The zero-order chi connectivity index (χ0) is 24.6. The SMILES string of the molecule is O=C1[C@@H]2[C@H](Cc3c[nH]c4ccccc34)N[C@]3(C(=O)Nc4ccc(Cl)cc43)[C@@H]2C(=O)N1C1CCCCC1. The summed E-state index contributed by atoms with van der Waals surface area (Å²) in [5.74, 6) is -2.09. The van der Waals surface area contributed by atoms with Crippen LogP contribution in [0.15, 0.2) is 48.7 Å². The smallest absolute Gasteiger partial charge is 0.250 e. The molecule has 36 heavy (non-hydrogen) atoms. The minimum Gasteiger partial charge on any atom is -0.361 e. The van der Waals surface area contributed by atoms with E-state index in [9.17, 15) is 14.4 Å². The number of H-pyrrole nitrogens is 1. The highest BCUT2D eigenvalue weighted by Gasteiger charge is 2.70. The molecule has 0 unspecified atom stereocenters. The lowest BCUT2D eigenvalue weighted by molar-refractivity contribution is -0.146. The van der Waals surface area contributed by atoms with Crippen molar-refractivity contribution in [1.29, 1.82) is 0 Å². The molecular formula is C28H27ClN4O3. The predicted octanol–water partition coefficient (Wildman–Crippen LogP) is 4.12. The van der Waals surface area contributed by atoms with Crippen molar-refractivity contribution in [3.63, 3.8) is 0 Å². The van der Waals surface area contributed by atoms with E-state index < -0.39 is 17.4 Å². The number of carbonyl (C=O) groups excluding carboxylic acids is 3. The van der Waals surface area contributed by atoms with Gasteiger partial charge in [0.15, 0.2) is 0 Å². The van der Waals surface area contributed by atoms with Crippen LogP contribution in [0.25, 0.3) is 10.9 Å². The maximum atomic E-state index is 14.1. The Morgan fingerprint density at radius 2 is 1.81 bits per heavy atom. The molecule has 1 saturated carbocycles. The van der Waals surface area contributed by atoms with Crippen LogP contribution in [-0.4, -0.2) is 39.7 Å². The largest absolute Gasteiger partial charge is 0.361 e. The molecule has 8 heteroatoms. The van der Waals surface area contributed by atoms with Crippen LogP contribution >= 0.6 is 11.6 Å². The van der Waals surface area contributed by atoms with Gasteiger partial charge >= 0.3 is 0 Å². The van der Waals surface area contributed by atoms with E-state index >= 15 is 0 Å². The number of nitrogens with one attached hydrogen (secondary N) is 3. The molecule has 2 saturated heterocycles. The molecule has 3 aliphatic heterocycles. The number of halogens is 1. The number of anilines is 1. The molecule has 1 spiro atoms. The predicted molar refractivity (Wildman–Crippen MR) is 136 cm³/mol. The van der Waals surface area contributed by atoms with Crippen molar-refractivity contribution >= 4 is 45.9 Å². The van der Waals surface area contributed by atoms with Crippen LogP contribution in [0.5, 0.6) is 0 Å². The minimum atomic E-state index is -1.32. The Labute approximate surface area is 213 Å². The van der Waals surface area contributed by atoms with Gasteiger partial charge < -0.3 is 10.3 Å². The van der Waals surface area contributed by atoms with E-state index in [0.717, 1.165) is 48.6 Å². The number of fused-ring (bicyclic) bond motifs is 5. The van der Waals surface area contributed by atoms with Crippen LogP contribution in [-0.2, 0) is 26.3 Å². The van der Waals surface area contributed by atoms with Gasteiger partial charge in [-0.15, -0.1) is 0 Å². The molecule has 4 atom stereocenters. The number of benzene rings is 2. The average Bonchev–Trinajstić information content (AvgIpc) is 3.59. The third kappa shape index (κ3) is 2.93. The van der Waals surface area contributed by atoms with Gasteiger partial charge in [0.1, 0.15) is 5.54 Å². The second kappa shape index (κ2) is 7.92. The maximum absolute atomic E-state index is 14.1. The zero-order valence-electron chi connectivity index (χ0n) is 19.7. The van der Waals surface area contributed by atoms with E-state index in [2.05, 4.69) is 21.7 Å². The summed E-state index contributed by atoms with van der Waals surface area (Å²) < 4.78 is 0. The maximum Gasteiger partial charge on any atom is 0.250 e. The Hall–Kier alpha value is -3.16. The van der Waals surface area contributed by atoms with Gasteiger partial charge in [-0.05, 0) is 49.1 Å². The Kier molecular flexibility index (Phi) is 4.85. The Morgan fingerprint density at radius 1 is 1.00 bits per heavy atom. The highest BCUT2D eigenvalue weighted by Crippen LogP contribution is 2.54. The van der Waals surface area contributed by atoms with Gasteiger partial charge in [-0.25, -0.2) is 0 Å². The normalized spacial score (nSPS) is 29.9. The van der Waals surface area contributed by atoms with Crippen molar-refractivity contribution < 1.29 is 14.4 Å². The van der Waals surface area contributed by atoms with E-state index in [1.807, 2.05) is 24.4 Å².